The van der Waals surface area contributed by atoms with E-state index >= 15 is 0 Å². The average molecular weight is 209 g/mol. The summed E-state index contributed by atoms with van der Waals surface area (Å²) in [5.41, 5.74) is 0.943. The third-order valence-electron chi connectivity index (χ3n) is 1.81. The van der Waals surface area contributed by atoms with Gasteiger partial charge in [-0.05, 0) is 18.4 Å². The van der Waals surface area contributed by atoms with Crippen molar-refractivity contribution in [3.8, 4) is 0 Å². The minimum Gasteiger partial charge on any atom is -0.392 e. The Bertz CT molecular complexity index is 427. The number of aliphatic hydroxyl groups excluding tert-OH is 1. The molecule has 0 saturated carbocycles. The van der Waals surface area contributed by atoms with E-state index in [1.165, 1.54) is 6.33 Å². The third kappa shape index (κ3) is 1.83. The summed E-state index contributed by atoms with van der Waals surface area (Å²) in [4.78, 5) is 8.25. The van der Waals surface area contributed by atoms with Crippen LogP contribution in [-0.2, 0) is 0 Å². The van der Waals surface area contributed by atoms with Crippen LogP contribution in [-0.4, -0.2) is 27.7 Å². The minimum absolute atomic E-state index is 0.375. The SMILES string of the molecule is C[C@@H](O)CNc1ncnc2ccsc12. The summed E-state index contributed by atoms with van der Waals surface area (Å²) >= 11 is 1.60. The van der Waals surface area contributed by atoms with Crippen molar-refractivity contribution >= 4 is 27.4 Å². The number of aromatic nitrogens is 2. The van der Waals surface area contributed by atoms with Crippen LogP contribution >= 0.6 is 11.3 Å². The number of hydrogen-bond acceptors (Lipinski definition) is 5. The summed E-state index contributed by atoms with van der Waals surface area (Å²) < 4.78 is 1.04. The van der Waals surface area contributed by atoms with E-state index in [9.17, 15) is 0 Å². The zero-order valence-electron chi connectivity index (χ0n) is 7.77. The highest BCUT2D eigenvalue weighted by molar-refractivity contribution is 7.17. The second-order valence-corrected chi connectivity index (χ2v) is 4.00. The molecule has 14 heavy (non-hydrogen) atoms. The Hall–Kier alpha value is -1.20. The van der Waals surface area contributed by atoms with Gasteiger partial charge in [-0.25, -0.2) is 9.97 Å². The Kier molecular flexibility index (Phi) is 2.60. The fourth-order valence-corrected chi connectivity index (χ4v) is 1.97. The van der Waals surface area contributed by atoms with Crippen LogP contribution in [0.3, 0.4) is 0 Å². The number of nitrogens with one attached hydrogen (secondary N) is 1. The summed E-state index contributed by atoms with van der Waals surface area (Å²) in [5, 5.41) is 14.2. The molecule has 2 rings (SSSR count). The van der Waals surface area contributed by atoms with Crippen molar-refractivity contribution in [2.75, 3.05) is 11.9 Å². The lowest BCUT2D eigenvalue weighted by Gasteiger charge is -2.07. The number of thiophene rings is 1. The highest BCUT2D eigenvalue weighted by Crippen LogP contribution is 2.24. The molecular formula is C9H11N3OS. The molecule has 0 amide bonds. The van der Waals surface area contributed by atoms with Gasteiger partial charge in [0.1, 0.15) is 12.1 Å². The van der Waals surface area contributed by atoms with Crippen LogP contribution in [0.2, 0.25) is 0 Å². The van der Waals surface area contributed by atoms with Gasteiger partial charge >= 0.3 is 0 Å². The lowest BCUT2D eigenvalue weighted by atomic mass is 10.4. The van der Waals surface area contributed by atoms with E-state index in [0.717, 1.165) is 16.0 Å². The first kappa shape index (κ1) is 9.36. The van der Waals surface area contributed by atoms with Crippen molar-refractivity contribution in [2.45, 2.75) is 13.0 Å². The van der Waals surface area contributed by atoms with Crippen LogP contribution in [0.1, 0.15) is 6.92 Å². The van der Waals surface area contributed by atoms with E-state index in [1.807, 2.05) is 11.4 Å². The smallest absolute Gasteiger partial charge is 0.147 e. The van der Waals surface area contributed by atoms with E-state index in [2.05, 4.69) is 15.3 Å². The fourth-order valence-electron chi connectivity index (χ4n) is 1.16. The van der Waals surface area contributed by atoms with Gasteiger partial charge in [0.15, 0.2) is 0 Å². The van der Waals surface area contributed by atoms with Gasteiger partial charge in [0.25, 0.3) is 0 Å². The fraction of sp³-hybridized carbons (Fsp3) is 0.333. The molecule has 0 saturated heterocycles. The summed E-state index contributed by atoms with van der Waals surface area (Å²) in [6.07, 6.45) is 1.15. The molecular weight excluding hydrogens is 198 g/mol. The average Bonchev–Trinajstić information content (AvgIpc) is 2.62. The largest absolute Gasteiger partial charge is 0.392 e. The van der Waals surface area contributed by atoms with Gasteiger partial charge in [-0.3, -0.25) is 0 Å². The van der Waals surface area contributed by atoms with Gasteiger partial charge in [-0.1, -0.05) is 0 Å². The second-order valence-electron chi connectivity index (χ2n) is 3.09. The number of nitrogens with zero attached hydrogens (tertiary/aromatic N) is 2. The van der Waals surface area contributed by atoms with Crippen molar-refractivity contribution in [2.24, 2.45) is 0 Å². The van der Waals surface area contributed by atoms with Crippen molar-refractivity contribution in [1.29, 1.82) is 0 Å². The Morgan fingerprint density at radius 2 is 2.43 bits per heavy atom. The maximum Gasteiger partial charge on any atom is 0.147 e. The number of aliphatic hydroxyl groups is 1. The van der Waals surface area contributed by atoms with Crippen molar-refractivity contribution in [3.63, 3.8) is 0 Å². The molecule has 0 unspecified atom stereocenters. The standard InChI is InChI=1S/C9H11N3OS/c1-6(13)4-10-9-8-7(2-3-14-8)11-5-12-9/h2-3,5-6,13H,4H2,1H3,(H,10,11,12)/t6-/m1/s1. The molecule has 4 nitrogen and oxygen atoms in total. The molecule has 2 aromatic heterocycles. The number of rotatable bonds is 3. The highest BCUT2D eigenvalue weighted by atomic mass is 32.1. The Morgan fingerprint density at radius 3 is 3.21 bits per heavy atom. The summed E-state index contributed by atoms with van der Waals surface area (Å²) in [7, 11) is 0. The molecule has 0 bridgehead atoms. The van der Waals surface area contributed by atoms with Crippen molar-refractivity contribution < 1.29 is 5.11 Å². The predicted octanol–water partition coefficient (Wildman–Crippen LogP) is 1.48. The van der Waals surface area contributed by atoms with Crippen LogP contribution in [0.4, 0.5) is 5.82 Å². The molecule has 2 N–H and O–H groups in total. The summed E-state index contributed by atoms with van der Waals surface area (Å²) in [6.45, 7) is 2.24. The van der Waals surface area contributed by atoms with Gasteiger partial charge in [0.2, 0.25) is 0 Å². The molecule has 0 fully saturated rings. The van der Waals surface area contributed by atoms with E-state index in [-0.39, 0.29) is 6.10 Å². The molecule has 1 atom stereocenters. The van der Waals surface area contributed by atoms with Gasteiger partial charge in [-0.15, -0.1) is 11.3 Å². The monoisotopic (exact) mass is 209 g/mol. The van der Waals surface area contributed by atoms with Crippen LogP contribution in [0.25, 0.3) is 10.2 Å². The highest BCUT2D eigenvalue weighted by Gasteiger charge is 2.04. The zero-order valence-corrected chi connectivity index (χ0v) is 8.58. The quantitative estimate of drug-likeness (QED) is 0.804. The van der Waals surface area contributed by atoms with Gasteiger partial charge in [0, 0.05) is 6.54 Å². The molecule has 2 heterocycles. The first-order valence-electron chi connectivity index (χ1n) is 4.37. The van der Waals surface area contributed by atoms with Crippen LogP contribution in [0, 0.1) is 0 Å². The first-order chi connectivity index (χ1) is 6.77. The first-order valence-corrected chi connectivity index (χ1v) is 5.25. The van der Waals surface area contributed by atoms with Crippen molar-refractivity contribution in [3.05, 3.63) is 17.8 Å². The lowest BCUT2D eigenvalue weighted by molar-refractivity contribution is 0.208. The molecule has 0 aromatic carbocycles. The topological polar surface area (TPSA) is 58.0 Å². The van der Waals surface area contributed by atoms with Gasteiger partial charge < -0.3 is 10.4 Å². The number of hydrogen-bond donors (Lipinski definition) is 2. The maximum absolute atomic E-state index is 9.13. The van der Waals surface area contributed by atoms with Crippen LogP contribution in [0.15, 0.2) is 17.8 Å². The number of anilines is 1. The molecule has 0 radical (unpaired) electrons. The van der Waals surface area contributed by atoms with E-state index in [0.29, 0.717) is 6.54 Å². The molecule has 2 aromatic rings. The molecule has 0 aliphatic carbocycles. The Labute approximate surface area is 85.6 Å². The summed E-state index contributed by atoms with van der Waals surface area (Å²) in [6, 6.07) is 1.95. The molecule has 0 aliphatic heterocycles. The maximum atomic E-state index is 9.13. The summed E-state index contributed by atoms with van der Waals surface area (Å²) in [5.74, 6) is 0.797. The number of fused-ring (bicyclic) bond motifs is 1. The van der Waals surface area contributed by atoms with Crippen LogP contribution in [0.5, 0.6) is 0 Å². The van der Waals surface area contributed by atoms with Crippen LogP contribution < -0.4 is 5.32 Å². The third-order valence-corrected chi connectivity index (χ3v) is 2.72. The molecule has 74 valence electrons. The molecule has 0 spiro atoms. The van der Waals surface area contributed by atoms with Gasteiger partial charge in [0.05, 0.1) is 16.3 Å². The van der Waals surface area contributed by atoms with E-state index in [1.54, 1.807) is 18.3 Å². The van der Waals surface area contributed by atoms with E-state index in [4.69, 9.17) is 5.11 Å². The normalized spacial score (nSPS) is 13.0. The molecule has 0 aliphatic rings. The second kappa shape index (κ2) is 3.89. The predicted molar refractivity (Wildman–Crippen MR) is 57.6 cm³/mol. The molecule has 5 heteroatoms. The van der Waals surface area contributed by atoms with E-state index < -0.39 is 0 Å². The minimum atomic E-state index is -0.375. The van der Waals surface area contributed by atoms with Gasteiger partial charge in [-0.2, -0.15) is 0 Å². The lowest BCUT2D eigenvalue weighted by Crippen LogP contribution is -2.16. The van der Waals surface area contributed by atoms with Crippen molar-refractivity contribution in [1.82, 2.24) is 9.97 Å². The Morgan fingerprint density at radius 1 is 1.57 bits per heavy atom. The zero-order chi connectivity index (χ0) is 9.97. The Balaban J connectivity index is 2.27.